The second-order valence-electron chi connectivity index (χ2n) is 7.95. The fourth-order valence-corrected chi connectivity index (χ4v) is 4.99. The SMILES string of the molecule is O=S(Cc1cc(OCC2COC3(CCCC3)OC2)ccn1)c1nc2ccccc2[nH]1. The Hall–Kier alpha value is -2.29. The molecule has 0 radical (unpaired) electrons. The second kappa shape index (κ2) is 8.45. The topological polar surface area (TPSA) is 86.3 Å². The highest BCUT2D eigenvalue weighted by Crippen LogP contribution is 2.37. The highest BCUT2D eigenvalue weighted by Gasteiger charge is 2.40. The number of hydrogen-bond acceptors (Lipinski definition) is 6. The van der Waals surface area contributed by atoms with Crippen LogP contribution in [0.1, 0.15) is 31.4 Å². The van der Waals surface area contributed by atoms with Gasteiger partial charge in [-0.2, -0.15) is 0 Å². The molecular weight excluding hydrogens is 402 g/mol. The minimum absolute atomic E-state index is 0.206. The van der Waals surface area contributed by atoms with Crippen LogP contribution in [0.2, 0.25) is 0 Å². The molecule has 1 N–H and O–H groups in total. The van der Waals surface area contributed by atoms with E-state index >= 15 is 0 Å². The van der Waals surface area contributed by atoms with E-state index in [1.807, 2.05) is 36.4 Å². The Balaban J connectivity index is 1.17. The van der Waals surface area contributed by atoms with Gasteiger partial charge in [-0.1, -0.05) is 12.1 Å². The molecule has 5 rings (SSSR count). The molecule has 2 aliphatic rings. The molecule has 1 aliphatic carbocycles. The van der Waals surface area contributed by atoms with Crippen molar-refractivity contribution in [3.63, 3.8) is 0 Å². The Morgan fingerprint density at radius 3 is 2.77 bits per heavy atom. The largest absolute Gasteiger partial charge is 0.493 e. The minimum Gasteiger partial charge on any atom is -0.493 e. The van der Waals surface area contributed by atoms with Gasteiger partial charge in [-0.05, 0) is 31.0 Å². The van der Waals surface area contributed by atoms with Gasteiger partial charge in [-0.25, -0.2) is 4.98 Å². The van der Waals surface area contributed by atoms with Gasteiger partial charge in [-0.3, -0.25) is 9.19 Å². The molecule has 3 heterocycles. The zero-order chi connectivity index (χ0) is 20.4. The van der Waals surface area contributed by atoms with Gasteiger partial charge in [0.25, 0.3) is 0 Å². The first-order valence-electron chi connectivity index (χ1n) is 10.4. The third kappa shape index (κ3) is 4.26. The number of H-pyrrole nitrogens is 1. The van der Waals surface area contributed by atoms with Crippen LogP contribution in [0.4, 0.5) is 0 Å². The Kier molecular flexibility index (Phi) is 5.54. The Morgan fingerprint density at radius 1 is 1.17 bits per heavy atom. The number of ether oxygens (including phenoxy) is 3. The van der Waals surface area contributed by atoms with Crippen LogP contribution >= 0.6 is 0 Å². The quantitative estimate of drug-likeness (QED) is 0.647. The predicted octanol–water partition coefficient (Wildman–Crippen LogP) is 3.58. The fourth-order valence-electron chi connectivity index (χ4n) is 4.01. The lowest BCUT2D eigenvalue weighted by molar-refractivity contribution is -0.280. The lowest BCUT2D eigenvalue weighted by Gasteiger charge is -2.37. The van der Waals surface area contributed by atoms with Crippen LogP contribution in [-0.4, -0.2) is 44.8 Å². The highest BCUT2D eigenvalue weighted by molar-refractivity contribution is 7.84. The maximum atomic E-state index is 12.7. The summed E-state index contributed by atoms with van der Waals surface area (Å²) in [7, 11) is -1.31. The number of nitrogens with zero attached hydrogens (tertiary/aromatic N) is 2. The molecule has 0 bridgehead atoms. The van der Waals surface area contributed by atoms with Crippen LogP contribution in [-0.2, 0) is 26.0 Å². The smallest absolute Gasteiger partial charge is 0.197 e. The molecular formula is C22H25N3O4S. The summed E-state index contributed by atoms with van der Waals surface area (Å²) in [4.78, 5) is 11.9. The Labute approximate surface area is 177 Å². The number of nitrogens with one attached hydrogen (secondary N) is 1. The summed E-state index contributed by atoms with van der Waals surface area (Å²) in [6.07, 6.45) is 6.03. The minimum atomic E-state index is -1.31. The molecule has 3 aromatic rings. The fraction of sp³-hybridized carbons (Fsp3) is 0.455. The van der Waals surface area contributed by atoms with Gasteiger partial charge in [0.15, 0.2) is 10.9 Å². The third-order valence-electron chi connectivity index (χ3n) is 5.67. The van der Waals surface area contributed by atoms with Crippen molar-refractivity contribution in [3.05, 3.63) is 48.3 Å². The monoisotopic (exact) mass is 427 g/mol. The van der Waals surface area contributed by atoms with E-state index in [9.17, 15) is 4.21 Å². The average molecular weight is 428 g/mol. The number of imidazole rings is 1. The molecule has 8 heteroatoms. The van der Waals surface area contributed by atoms with Crippen LogP contribution in [0.3, 0.4) is 0 Å². The van der Waals surface area contributed by atoms with Crippen molar-refractivity contribution in [2.45, 2.75) is 42.4 Å². The Bertz CT molecular complexity index is 1000. The maximum Gasteiger partial charge on any atom is 0.197 e. The number of aromatic nitrogens is 3. The number of fused-ring (bicyclic) bond motifs is 1. The lowest BCUT2D eigenvalue weighted by Crippen LogP contribution is -2.43. The standard InChI is InChI=1S/C22H25N3O4S/c26-30(21-24-19-5-1-2-6-20(19)25-21)15-17-11-18(7-10-23-17)27-12-16-13-28-22(29-14-16)8-3-4-9-22/h1-2,5-7,10-11,16H,3-4,8-9,12-15H2,(H,24,25). The zero-order valence-electron chi connectivity index (χ0n) is 16.7. The van der Waals surface area contributed by atoms with E-state index in [2.05, 4.69) is 15.0 Å². The van der Waals surface area contributed by atoms with E-state index in [4.69, 9.17) is 14.2 Å². The summed E-state index contributed by atoms with van der Waals surface area (Å²) >= 11 is 0. The first-order chi connectivity index (χ1) is 14.7. The third-order valence-corrected chi connectivity index (χ3v) is 6.85. The van der Waals surface area contributed by atoms with Crippen LogP contribution in [0.15, 0.2) is 47.8 Å². The molecule has 0 amide bonds. The second-order valence-corrected chi connectivity index (χ2v) is 9.32. The lowest BCUT2D eigenvalue weighted by atomic mass is 10.1. The van der Waals surface area contributed by atoms with E-state index in [-0.39, 0.29) is 17.5 Å². The van der Waals surface area contributed by atoms with E-state index in [0.29, 0.717) is 36.4 Å². The molecule has 7 nitrogen and oxygen atoms in total. The predicted molar refractivity (Wildman–Crippen MR) is 113 cm³/mol. The molecule has 1 aliphatic heterocycles. The highest BCUT2D eigenvalue weighted by atomic mass is 32.2. The van der Waals surface area contributed by atoms with Crippen molar-refractivity contribution >= 4 is 21.8 Å². The van der Waals surface area contributed by atoms with Gasteiger partial charge in [0.05, 0.1) is 53.1 Å². The van der Waals surface area contributed by atoms with E-state index in [1.54, 1.807) is 6.20 Å². The normalized spacial score (nSPS) is 20.0. The number of benzene rings is 1. The summed E-state index contributed by atoms with van der Waals surface area (Å²) in [6.45, 7) is 1.84. The molecule has 1 spiro atoms. The first-order valence-corrected chi connectivity index (χ1v) is 11.7. The summed E-state index contributed by atoms with van der Waals surface area (Å²) in [5.74, 6) is 0.858. The summed E-state index contributed by atoms with van der Waals surface area (Å²) in [5, 5.41) is 0.460. The van der Waals surface area contributed by atoms with Crippen LogP contribution in [0, 0.1) is 5.92 Å². The van der Waals surface area contributed by atoms with Crippen LogP contribution in [0.5, 0.6) is 5.75 Å². The van der Waals surface area contributed by atoms with Crippen molar-refractivity contribution in [2.24, 2.45) is 5.92 Å². The molecule has 1 saturated heterocycles. The summed E-state index contributed by atoms with van der Waals surface area (Å²) in [6, 6.07) is 11.3. The van der Waals surface area contributed by atoms with Gasteiger partial charge in [0, 0.05) is 31.0 Å². The number of para-hydroxylation sites is 2. The Morgan fingerprint density at radius 2 is 1.97 bits per heavy atom. The molecule has 1 atom stereocenters. The molecule has 2 aromatic heterocycles. The van der Waals surface area contributed by atoms with Crippen LogP contribution in [0.25, 0.3) is 11.0 Å². The number of rotatable bonds is 6. The van der Waals surface area contributed by atoms with Gasteiger partial charge in [-0.15, -0.1) is 0 Å². The van der Waals surface area contributed by atoms with E-state index in [0.717, 1.165) is 23.9 Å². The van der Waals surface area contributed by atoms with Gasteiger partial charge in [0.2, 0.25) is 0 Å². The molecule has 1 aromatic carbocycles. The van der Waals surface area contributed by atoms with Crippen molar-refractivity contribution in [3.8, 4) is 5.75 Å². The molecule has 158 valence electrons. The average Bonchev–Trinajstić information content (AvgIpc) is 3.41. The molecule has 1 unspecified atom stereocenters. The van der Waals surface area contributed by atoms with Gasteiger partial charge in [0.1, 0.15) is 5.75 Å². The van der Waals surface area contributed by atoms with Crippen molar-refractivity contribution in [1.29, 1.82) is 0 Å². The number of hydrogen-bond donors (Lipinski definition) is 1. The maximum absolute atomic E-state index is 12.7. The van der Waals surface area contributed by atoms with Gasteiger partial charge >= 0.3 is 0 Å². The molecule has 1 saturated carbocycles. The molecule has 30 heavy (non-hydrogen) atoms. The van der Waals surface area contributed by atoms with Crippen molar-refractivity contribution in [1.82, 2.24) is 15.0 Å². The van der Waals surface area contributed by atoms with Crippen molar-refractivity contribution < 1.29 is 18.4 Å². The molecule has 2 fully saturated rings. The van der Waals surface area contributed by atoms with E-state index in [1.165, 1.54) is 12.8 Å². The van der Waals surface area contributed by atoms with Crippen molar-refractivity contribution in [2.75, 3.05) is 19.8 Å². The summed E-state index contributed by atoms with van der Waals surface area (Å²) in [5.41, 5.74) is 2.39. The van der Waals surface area contributed by atoms with E-state index < -0.39 is 10.8 Å². The number of pyridine rings is 1. The first kappa shape index (κ1) is 19.7. The van der Waals surface area contributed by atoms with Crippen LogP contribution < -0.4 is 4.74 Å². The van der Waals surface area contributed by atoms with Gasteiger partial charge < -0.3 is 19.2 Å². The summed E-state index contributed by atoms with van der Waals surface area (Å²) < 4.78 is 30.7. The zero-order valence-corrected chi connectivity index (χ0v) is 17.5. The number of aromatic amines is 1.